The summed E-state index contributed by atoms with van der Waals surface area (Å²) in [5, 5.41) is 0. The van der Waals surface area contributed by atoms with Crippen molar-refractivity contribution in [3.63, 3.8) is 0 Å². The standard InChI is InChI=1S/C11H14F2N2O/c1-8(2)15(11(16)10(12)13)7-9-4-3-5-14-6-9/h3-6,8,10H,7H2,1-2H3. The van der Waals surface area contributed by atoms with Crippen molar-refractivity contribution in [3.8, 4) is 0 Å². The zero-order chi connectivity index (χ0) is 12.1. The smallest absolute Gasteiger partial charge is 0.315 e. The van der Waals surface area contributed by atoms with E-state index in [2.05, 4.69) is 4.98 Å². The summed E-state index contributed by atoms with van der Waals surface area (Å²) < 4.78 is 24.7. The molecule has 0 atom stereocenters. The molecule has 0 aliphatic carbocycles. The molecule has 0 saturated heterocycles. The van der Waals surface area contributed by atoms with Gasteiger partial charge in [-0.1, -0.05) is 6.07 Å². The van der Waals surface area contributed by atoms with Crippen LogP contribution in [0.25, 0.3) is 0 Å². The van der Waals surface area contributed by atoms with Crippen molar-refractivity contribution in [2.45, 2.75) is 32.9 Å². The number of amides is 1. The largest absolute Gasteiger partial charge is 0.331 e. The monoisotopic (exact) mass is 228 g/mol. The Kier molecular flexibility index (Phi) is 4.34. The molecule has 1 heterocycles. The molecule has 16 heavy (non-hydrogen) atoms. The lowest BCUT2D eigenvalue weighted by Crippen LogP contribution is -2.40. The Hall–Kier alpha value is -1.52. The number of pyridine rings is 1. The second kappa shape index (κ2) is 5.53. The molecule has 0 spiro atoms. The summed E-state index contributed by atoms with van der Waals surface area (Å²) in [6.07, 6.45) is 0.200. The van der Waals surface area contributed by atoms with E-state index in [9.17, 15) is 13.6 Å². The van der Waals surface area contributed by atoms with Crippen LogP contribution in [0.15, 0.2) is 24.5 Å². The summed E-state index contributed by atoms with van der Waals surface area (Å²) >= 11 is 0. The van der Waals surface area contributed by atoms with Crippen LogP contribution in [0.5, 0.6) is 0 Å². The second-order valence-electron chi connectivity index (χ2n) is 3.72. The van der Waals surface area contributed by atoms with Crippen molar-refractivity contribution in [1.82, 2.24) is 9.88 Å². The number of halogens is 2. The minimum atomic E-state index is -2.96. The Morgan fingerprint density at radius 3 is 2.62 bits per heavy atom. The van der Waals surface area contributed by atoms with E-state index < -0.39 is 12.3 Å². The lowest BCUT2D eigenvalue weighted by atomic mass is 10.2. The van der Waals surface area contributed by atoms with E-state index in [0.29, 0.717) is 0 Å². The molecule has 0 saturated carbocycles. The highest BCUT2D eigenvalue weighted by molar-refractivity contribution is 5.79. The summed E-state index contributed by atoms with van der Waals surface area (Å²) in [6, 6.07) is 3.20. The van der Waals surface area contributed by atoms with E-state index in [1.165, 1.54) is 0 Å². The van der Waals surface area contributed by atoms with Gasteiger partial charge in [-0.3, -0.25) is 9.78 Å². The fourth-order valence-corrected chi connectivity index (χ4v) is 1.33. The molecule has 1 aromatic heterocycles. The predicted molar refractivity (Wildman–Crippen MR) is 55.9 cm³/mol. The van der Waals surface area contributed by atoms with Crippen LogP contribution in [0, 0.1) is 0 Å². The number of hydrogen-bond donors (Lipinski definition) is 0. The van der Waals surface area contributed by atoms with Gasteiger partial charge in [0.05, 0.1) is 0 Å². The first kappa shape index (κ1) is 12.5. The summed E-state index contributed by atoms with van der Waals surface area (Å²) in [7, 11) is 0. The topological polar surface area (TPSA) is 33.2 Å². The molecule has 0 aromatic carbocycles. The molecule has 0 aliphatic heterocycles. The van der Waals surface area contributed by atoms with Gasteiger partial charge in [-0.15, -0.1) is 0 Å². The van der Waals surface area contributed by atoms with Crippen LogP contribution in [0.4, 0.5) is 8.78 Å². The maximum atomic E-state index is 12.3. The highest BCUT2D eigenvalue weighted by Gasteiger charge is 2.25. The molecule has 0 aliphatic rings. The zero-order valence-electron chi connectivity index (χ0n) is 9.23. The van der Waals surface area contributed by atoms with Gasteiger partial charge in [0.15, 0.2) is 0 Å². The first-order chi connectivity index (χ1) is 7.52. The van der Waals surface area contributed by atoms with Crippen molar-refractivity contribution < 1.29 is 13.6 Å². The van der Waals surface area contributed by atoms with Crippen LogP contribution in [0.2, 0.25) is 0 Å². The van der Waals surface area contributed by atoms with Gasteiger partial charge in [0.1, 0.15) is 0 Å². The summed E-state index contributed by atoms with van der Waals surface area (Å²) in [5.74, 6) is -1.14. The molecule has 0 radical (unpaired) electrons. The molecule has 1 rings (SSSR count). The lowest BCUT2D eigenvalue weighted by Gasteiger charge is -2.26. The van der Waals surface area contributed by atoms with E-state index >= 15 is 0 Å². The molecular weight excluding hydrogens is 214 g/mol. The Labute approximate surface area is 93.1 Å². The van der Waals surface area contributed by atoms with Gasteiger partial charge in [0.2, 0.25) is 0 Å². The fourth-order valence-electron chi connectivity index (χ4n) is 1.33. The Morgan fingerprint density at radius 1 is 1.50 bits per heavy atom. The first-order valence-corrected chi connectivity index (χ1v) is 5.00. The van der Waals surface area contributed by atoms with Gasteiger partial charge in [-0.05, 0) is 25.5 Å². The maximum Gasteiger partial charge on any atom is 0.315 e. The number of rotatable bonds is 4. The normalized spacial score (nSPS) is 10.9. The molecule has 0 unspecified atom stereocenters. The van der Waals surface area contributed by atoms with Crippen LogP contribution in [-0.2, 0) is 11.3 Å². The number of alkyl halides is 2. The van der Waals surface area contributed by atoms with E-state index in [1.807, 2.05) is 0 Å². The third kappa shape index (κ3) is 3.25. The van der Waals surface area contributed by atoms with Gasteiger partial charge in [-0.25, -0.2) is 0 Å². The Balaban J connectivity index is 2.77. The minimum Gasteiger partial charge on any atom is -0.331 e. The molecule has 0 bridgehead atoms. The van der Waals surface area contributed by atoms with Gasteiger partial charge < -0.3 is 4.90 Å². The molecule has 3 nitrogen and oxygen atoms in total. The SMILES string of the molecule is CC(C)N(Cc1cccnc1)C(=O)C(F)F. The van der Waals surface area contributed by atoms with Crippen molar-refractivity contribution >= 4 is 5.91 Å². The van der Waals surface area contributed by atoms with Crippen molar-refractivity contribution in [2.24, 2.45) is 0 Å². The number of aromatic nitrogens is 1. The zero-order valence-corrected chi connectivity index (χ0v) is 9.23. The van der Waals surface area contributed by atoms with Crippen molar-refractivity contribution in [2.75, 3.05) is 0 Å². The molecule has 88 valence electrons. The highest BCUT2D eigenvalue weighted by atomic mass is 19.3. The number of carbonyl (C=O) groups is 1. The average Bonchev–Trinajstić information content (AvgIpc) is 2.26. The molecule has 0 fully saturated rings. The van der Waals surface area contributed by atoms with E-state index in [-0.39, 0.29) is 12.6 Å². The van der Waals surface area contributed by atoms with Crippen LogP contribution in [0.3, 0.4) is 0 Å². The van der Waals surface area contributed by atoms with Crippen molar-refractivity contribution in [3.05, 3.63) is 30.1 Å². The van der Waals surface area contributed by atoms with Gasteiger partial charge >= 0.3 is 6.43 Å². The van der Waals surface area contributed by atoms with Crippen molar-refractivity contribution in [1.29, 1.82) is 0 Å². The van der Waals surface area contributed by atoms with Crippen LogP contribution >= 0.6 is 0 Å². The van der Waals surface area contributed by atoms with Gasteiger partial charge in [0, 0.05) is 25.0 Å². The average molecular weight is 228 g/mol. The molecule has 1 amide bonds. The van der Waals surface area contributed by atoms with E-state index in [4.69, 9.17) is 0 Å². The number of hydrogen-bond acceptors (Lipinski definition) is 2. The van der Waals surface area contributed by atoms with Crippen LogP contribution in [0.1, 0.15) is 19.4 Å². The number of carbonyl (C=O) groups excluding carboxylic acids is 1. The van der Waals surface area contributed by atoms with E-state index in [0.717, 1.165) is 10.5 Å². The van der Waals surface area contributed by atoms with E-state index in [1.54, 1.807) is 38.4 Å². The molecule has 0 N–H and O–H groups in total. The predicted octanol–water partition coefficient (Wildman–Crippen LogP) is 2.08. The summed E-state index contributed by atoms with van der Waals surface area (Å²) in [6.45, 7) is 3.57. The lowest BCUT2D eigenvalue weighted by molar-refractivity contribution is -0.145. The molecule has 5 heteroatoms. The summed E-state index contributed by atoms with van der Waals surface area (Å²) in [5.41, 5.74) is 0.741. The van der Waals surface area contributed by atoms with Gasteiger partial charge in [0.25, 0.3) is 5.91 Å². The second-order valence-corrected chi connectivity index (χ2v) is 3.72. The van der Waals surface area contributed by atoms with Gasteiger partial charge in [-0.2, -0.15) is 8.78 Å². The van der Waals surface area contributed by atoms with Crippen LogP contribution < -0.4 is 0 Å². The third-order valence-corrected chi connectivity index (χ3v) is 2.17. The highest BCUT2D eigenvalue weighted by Crippen LogP contribution is 2.11. The third-order valence-electron chi connectivity index (χ3n) is 2.17. The first-order valence-electron chi connectivity index (χ1n) is 5.00. The minimum absolute atomic E-state index is 0.161. The quantitative estimate of drug-likeness (QED) is 0.790. The summed E-state index contributed by atoms with van der Waals surface area (Å²) in [4.78, 5) is 16.3. The fraction of sp³-hybridized carbons (Fsp3) is 0.455. The number of nitrogens with zero attached hydrogens (tertiary/aromatic N) is 2. The molecular formula is C11H14F2N2O. The Bertz CT molecular complexity index is 341. The Morgan fingerprint density at radius 2 is 2.19 bits per heavy atom. The van der Waals surface area contributed by atoms with Crippen LogP contribution in [-0.4, -0.2) is 28.3 Å². The maximum absolute atomic E-state index is 12.3. The molecule has 1 aromatic rings.